The molecule has 1 amide bonds. The summed E-state index contributed by atoms with van der Waals surface area (Å²) in [6.45, 7) is 0.299. The molecule has 0 radical (unpaired) electrons. The Morgan fingerprint density at radius 3 is 2.95 bits per heavy atom. The van der Waals surface area contributed by atoms with Crippen LogP contribution in [0.15, 0.2) is 29.2 Å². The van der Waals surface area contributed by atoms with Crippen molar-refractivity contribution in [3.05, 3.63) is 29.8 Å². The first-order chi connectivity index (χ1) is 9.63. The van der Waals surface area contributed by atoms with Crippen molar-refractivity contribution in [2.45, 2.75) is 23.3 Å². The van der Waals surface area contributed by atoms with Crippen LogP contribution < -0.4 is 5.32 Å². The monoisotopic (exact) mass is 295 g/mol. The molecule has 0 bridgehead atoms. The van der Waals surface area contributed by atoms with Gasteiger partial charge in [-0.1, -0.05) is 18.2 Å². The van der Waals surface area contributed by atoms with Gasteiger partial charge in [-0.2, -0.15) is 0 Å². The fourth-order valence-electron chi connectivity index (χ4n) is 2.15. The molecule has 2 atom stereocenters. The highest BCUT2D eigenvalue weighted by Gasteiger charge is 2.31. The highest BCUT2D eigenvalue weighted by Crippen LogP contribution is 2.39. The Morgan fingerprint density at radius 2 is 2.25 bits per heavy atom. The van der Waals surface area contributed by atoms with E-state index in [9.17, 15) is 9.59 Å². The van der Waals surface area contributed by atoms with Gasteiger partial charge in [0.1, 0.15) is 6.04 Å². The fourth-order valence-corrected chi connectivity index (χ4v) is 3.37. The first-order valence-corrected chi connectivity index (χ1v) is 7.36. The number of methoxy groups -OCH3 is 1. The minimum absolute atomic E-state index is 0.231. The van der Waals surface area contributed by atoms with Gasteiger partial charge in [-0.05, 0) is 11.6 Å². The van der Waals surface area contributed by atoms with Crippen LogP contribution in [0, 0.1) is 0 Å². The lowest BCUT2D eigenvalue weighted by atomic mass is 10.00. The van der Waals surface area contributed by atoms with E-state index in [2.05, 4.69) is 5.32 Å². The Kier molecular flexibility index (Phi) is 5.03. The molecule has 1 aliphatic rings. The maximum atomic E-state index is 12.3. The number of carbonyl (C=O) groups excluding carboxylic acids is 1. The predicted octanol–water partition coefficient (Wildman–Crippen LogP) is 1.48. The number of carbonyl (C=O) groups is 2. The Hall–Kier alpha value is -1.53. The normalized spacial score (nSPS) is 18.4. The van der Waals surface area contributed by atoms with E-state index in [1.165, 1.54) is 7.11 Å². The van der Waals surface area contributed by atoms with Gasteiger partial charge in [0.15, 0.2) is 0 Å². The quantitative estimate of drug-likeness (QED) is 0.831. The lowest BCUT2D eigenvalue weighted by molar-refractivity contribution is -0.142. The van der Waals surface area contributed by atoms with E-state index in [-0.39, 0.29) is 18.2 Å². The van der Waals surface area contributed by atoms with Crippen LogP contribution in [0.3, 0.4) is 0 Å². The number of hydrogen-bond acceptors (Lipinski definition) is 4. The number of hydrogen-bond donors (Lipinski definition) is 2. The minimum Gasteiger partial charge on any atom is -0.480 e. The molecule has 0 saturated heterocycles. The zero-order chi connectivity index (χ0) is 14.5. The van der Waals surface area contributed by atoms with Gasteiger partial charge in [-0.3, -0.25) is 4.79 Å². The molecule has 2 rings (SSSR count). The summed E-state index contributed by atoms with van der Waals surface area (Å²) in [7, 11) is 1.50. The largest absolute Gasteiger partial charge is 0.480 e. The zero-order valence-corrected chi connectivity index (χ0v) is 12.0. The van der Waals surface area contributed by atoms with E-state index >= 15 is 0 Å². The molecule has 1 aromatic rings. The molecule has 1 aromatic carbocycles. The van der Waals surface area contributed by atoms with Crippen molar-refractivity contribution in [3.63, 3.8) is 0 Å². The number of fused-ring (bicyclic) bond motifs is 1. The van der Waals surface area contributed by atoms with Crippen molar-refractivity contribution >= 4 is 23.6 Å². The maximum absolute atomic E-state index is 12.3. The summed E-state index contributed by atoms with van der Waals surface area (Å²) < 4.78 is 4.87. The third-order valence-electron chi connectivity index (χ3n) is 3.24. The summed E-state index contributed by atoms with van der Waals surface area (Å²) in [5, 5.41) is 11.7. The minimum atomic E-state index is -1.03. The second-order valence-electron chi connectivity index (χ2n) is 4.58. The lowest BCUT2D eigenvalue weighted by Crippen LogP contribution is -2.43. The lowest BCUT2D eigenvalue weighted by Gasteiger charge is -2.17. The third kappa shape index (κ3) is 3.32. The van der Waals surface area contributed by atoms with E-state index in [4.69, 9.17) is 9.84 Å². The highest BCUT2D eigenvalue weighted by molar-refractivity contribution is 7.99. The number of carboxylic acid groups (broad SMARTS) is 1. The van der Waals surface area contributed by atoms with E-state index in [1.807, 2.05) is 24.3 Å². The van der Waals surface area contributed by atoms with Crippen molar-refractivity contribution in [3.8, 4) is 0 Å². The molecule has 6 heteroatoms. The van der Waals surface area contributed by atoms with Crippen LogP contribution in [0.25, 0.3) is 0 Å². The summed E-state index contributed by atoms with van der Waals surface area (Å²) in [5.74, 6) is -0.886. The molecule has 0 fully saturated rings. The van der Waals surface area contributed by atoms with Crippen LogP contribution in [0.1, 0.15) is 17.9 Å². The number of thioether (sulfide) groups is 1. The molecule has 1 heterocycles. The Bertz CT molecular complexity index is 506. The van der Waals surface area contributed by atoms with Crippen LogP contribution in [-0.4, -0.2) is 42.5 Å². The summed E-state index contributed by atoms with van der Waals surface area (Å²) in [6, 6.07) is 6.83. The van der Waals surface area contributed by atoms with Gasteiger partial charge < -0.3 is 15.2 Å². The van der Waals surface area contributed by atoms with E-state index in [1.54, 1.807) is 11.8 Å². The molecule has 5 nitrogen and oxygen atoms in total. The third-order valence-corrected chi connectivity index (χ3v) is 4.42. The highest BCUT2D eigenvalue weighted by atomic mass is 32.2. The van der Waals surface area contributed by atoms with Gasteiger partial charge in [0.2, 0.25) is 5.91 Å². The van der Waals surface area contributed by atoms with Gasteiger partial charge >= 0.3 is 5.97 Å². The van der Waals surface area contributed by atoms with Gasteiger partial charge in [-0.25, -0.2) is 4.79 Å². The molecule has 1 aliphatic heterocycles. The van der Waals surface area contributed by atoms with Crippen molar-refractivity contribution in [1.29, 1.82) is 0 Å². The van der Waals surface area contributed by atoms with Crippen LogP contribution >= 0.6 is 11.8 Å². The molecule has 0 spiro atoms. The Balaban J connectivity index is 2.03. The predicted molar refractivity (Wildman–Crippen MR) is 76.0 cm³/mol. The number of ether oxygens (including phenoxy) is 1. The maximum Gasteiger partial charge on any atom is 0.326 e. The first kappa shape index (κ1) is 14.9. The topological polar surface area (TPSA) is 75.6 Å². The average Bonchev–Trinajstić information content (AvgIpc) is 2.87. The molecule has 0 aliphatic carbocycles. The number of rotatable bonds is 6. The van der Waals surface area contributed by atoms with Crippen LogP contribution in [0.2, 0.25) is 0 Å². The van der Waals surface area contributed by atoms with Gasteiger partial charge in [0.25, 0.3) is 0 Å². The average molecular weight is 295 g/mol. The SMILES string of the molecule is COCC[C@H](NC(=O)[C@@H]1CSc2ccccc21)C(=O)O. The molecular weight excluding hydrogens is 278 g/mol. The Labute approximate surface area is 121 Å². The number of amides is 1. The molecule has 2 N–H and O–H groups in total. The smallest absolute Gasteiger partial charge is 0.326 e. The van der Waals surface area contributed by atoms with E-state index in [0.29, 0.717) is 12.4 Å². The Morgan fingerprint density at radius 1 is 1.50 bits per heavy atom. The molecule has 0 aromatic heterocycles. The van der Waals surface area contributed by atoms with Crippen molar-refractivity contribution in [2.75, 3.05) is 19.5 Å². The van der Waals surface area contributed by atoms with Crippen molar-refractivity contribution < 1.29 is 19.4 Å². The summed E-state index contributed by atoms with van der Waals surface area (Å²) in [4.78, 5) is 24.5. The summed E-state index contributed by atoms with van der Waals surface area (Å²) >= 11 is 1.62. The van der Waals surface area contributed by atoms with E-state index < -0.39 is 12.0 Å². The number of carboxylic acids is 1. The number of nitrogens with one attached hydrogen (secondary N) is 1. The second-order valence-corrected chi connectivity index (χ2v) is 5.64. The summed E-state index contributed by atoms with van der Waals surface area (Å²) in [5.41, 5.74) is 0.978. The van der Waals surface area contributed by atoms with E-state index in [0.717, 1.165) is 10.5 Å². The van der Waals surface area contributed by atoms with Gasteiger partial charge in [0.05, 0.1) is 5.92 Å². The molecule has 0 unspecified atom stereocenters. The fraction of sp³-hybridized carbons (Fsp3) is 0.429. The van der Waals surface area contributed by atoms with Crippen LogP contribution in [0.4, 0.5) is 0 Å². The van der Waals surface area contributed by atoms with Crippen molar-refractivity contribution in [2.24, 2.45) is 0 Å². The van der Waals surface area contributed by atoms with Crippen LogP contribution in [0.5, 0.6) is 0 Å². The molecule has 20 heavy (non-hydrogen) atoms. The molecule has 108 valence electrons. The van der Waals surface area contributed by atoms with Crippen LogP contribution in [-0.2, 0) is 14.3 Å². The zero-order valence-electron chi connectivity index (χ0n) is 11.2. The molecular formula is C14H17NO4S. The van der Waals surface area contributed by atoms with Crippen molar-refractivity contribution in [1.82, 2.24) is 5.32 Å². The number of aliphatic carboxylic acids is 1. The summed E-state index contributed by atoms with van der Waals surface area (Å²) in [6.07, 6.45) is 0.263. The number of benzene rings is 1. The second kappa shape index (κ2) is 6.76. The standard InChI is InChI=1S/C14H17NO4S/c1-19-7-6-11(14(17)18)15-13(16)10-8-20-12-5-3-2-4-9(10)12/h2-5,10-11H,6-8H2,1H3,(H,15,16)(H,17,18)/t10-,11+/m1/s1. The van der Waals surface area contributed by atoms with Gasteiger partial charge in [0, 0.05) is 30.8 Å². The first-order valence-electron chi connectivity index (χ1n) is 6.37. The van der Waals surface area contributed by atoms with Gasteiger partial charge in [-0.15, -0.1) is 11.8 Å². The molecule has 0 saturated carbocycles.